The van der Waals surface area contributed by atoms with Crippen LogP contribution in [-0.2, 0) is 42.9 Å². The minimum Gasteiger partial charge on any atom is -0.463 e. The van der Waals surface area contributed by atoms with Gasteiger partial charge in [-0.1, -0.05) is 78.1 Å². The van der Waals surface area contributed by atoms with Crippen LogP contribution in [0.15, 0.2) is 0 Å². The van der Waals surface area contributed by atoms with Gasteiger partial charge in [0.25, 0.3) is 0 Å². The summed E-state index contributed by atoms with van der Waals surface area (Å²) >= 11 is 1.40. The van der Waals surface area contributed by atoms with Crippen molar-refractivity contribution in [2.75, 3.05) is 19.7 Å². The van der Waals surface area contributed by atoms with E-state index < -0.39 is 53.7 Å². The van der Waals surface area contributed by atoms with Crippen molar-refractivity contribution in [3.63, 3.8) is 0 Å². The molecular formula is C30H53NO9S. The summed E-state index contributed by atoms with van der Waals surface area (Å²) in [7, 11) is 0. The number of nitrogens with zero attached hydrogens (tertiary/aromatic N) is 1. The van der Waals surface area contributed by atoms with Gasteiger partial charge in [-0.05, 0) is 24.8 Å². The van der Waals surface area contributed by atoms with Crippen LogP contribution in [0.4, 0.5) is 0 Å². The fourth-order valence-corrected chi connectivity index (χ4v) is 6.06. The molecule has 0 aromatic rings. The maximum atomic E-state index is 12.2. The van der Waals surface area contributed by atoms with E-state index >= 15 is 0 Å². The van der Waals surface area contributed by atoms with Gasteiger partial charge >= 0.3 is 23.9 Å². The molecule has 0 spiro atoms. The molecule has 41 heavy (non-hydrogen) atoms. The van der Waals surface area contributed by atoms with Crippen LogP contribution in [0.25, 0.3) is 0 Å². The van der Waals surface area contributed by atoms with Gasteiger partial charge in [-0.3, -0.25) is 19.2 Å². The normalized spacial score (nSPS) is 22.3. The molecule has 0 aromatic heterocycles. The van der Waals surface area contributed by atoms with E-state index in [1.807, 2.05) is 0 Å². The fourth-order valence-electron chi connectivity index (χ4n) is 4.77. The summed E-state index contributed by atoms with van der Waals surface area (Å²) < 4.78 is 30.5. The van der Waals surface area contributed by atoms with Crippen LogP contribution >= 0.6 is 11.9 Å². The molecule has 1 rings (SSSR count). The smallest absolute Gasteiger partial charge is 0.303 e. The molecule has 1 saturated heterocycles. The second-order valence-electron chi connectivity index (χ2n) is 10.6. The average Bonchev–Trinajstić information content (AvgIpc) is 2.89. The SMILES string of the molecule is CCCCCCCCN(CCCCCCCC)S[C@@H]1O[C@H](COC(C)=O)[C@H](OC(C)=O)[C@H](OC(C)=O)[C@H]1OC(C)=O. The van der Waals surface area contributed by atoms with Crippen molar-refractivity contribution in [2.45, 2.75) is 148 Å². The van der Waals surface area contributed by atoms with Gasteiger partial charge in [-0.2, -0.15) is 0 Å². The van der Waals surface area contributed by atoms with Gasteiger partial charge in [0.05, 0.1) is 0 Å². The summed E-state index contributed by atoms with van der Waals surface area (Å²) in [4.78, 5) is 47.9. The van der Waals surface area contributed by atoms with Gasteiger partial charge in [-0.15, -0.1) is 0 Å². The Hall–Kier alpha value is -1.85. The molecule has 0 N–H and O–H groups in total. The van der Waals surface area contributed by atoms with Crippen LogP contribution in [0.3, 0.4) is 0 Å². The number of carbonyl (C=O) groups is 4. The van der Waals surface area contributed by atoms with Gasteiger partial charge in [0.2, 0.25) is 0 Å². The quantitative estimate of drug-likeness (QED) is 0.0692. The van der Waals surface area contributed by atoms with Crippen LogP contribution in [0.2, 0.25) is 0 Å². The van der Waals surface area contributed by atoms with Gasteiger partial charge in [0, 0.05) is 40.8 Å². The highest BCUT2D eigenvalue weighted by Crippen LogP contribution is 2.36. The van der Waals surface area contributed by atoms with E-state index in [1.165, 1.54) is 91.0 Å². The van der Waals surface area contributed by atoms with E-state index in [1.54, 1.807) is 0 Å². The van der Waals surface area contributed by atoms with Crippen LogP contribution in [0.1, 0.15) is 119 Å². The Morgan fingerprint density at radius 2 is 1.05 bits per heavy atom. The number of hydrogen-bond acceptors (Lipinski definition) is 11. The second-order valence-corrected chi connectivity index (χ2v) is 11.8. The van der Waals surface area contributed by atoms with E-state index in [2.05, 4.69) is 18.2 Å². The van der Waals surface area contributed by atoms with Crippen molar-refractivity contribution >= 4 is 35.8 Å². The summed E-state index contributed by atoms with van der Waals surface area (Å²) in [5, 5.41) is 0. The molecule has 10 nitrogen and oxygen atoms in total. The van der Waals surface area contributed by atoms with Gasteiger partial charge in [0.1, 0.15) is 12.7 Å². The lowest BCUT2D eigenvalue weighted by Gasteiger charge is -2.45. The summed E-state index contributed by atoms with van der Waals surface area (Å²) in [5.41, 5.74) is -0.782. The van der Waals surface area contributed by atoms with E-state index in [0.29, 0.717) is 0 Å². The second kappa shape index (κ2) is 21.8. The number of rotatable bonds is 21. The third kappa shape index (κ3) is 16.4. The van der Waals surface area contributed by atoms with Crippen molar-refractivity contribution in [1.82, 2.24) is 4.31 Å². The van der Waals surface area contributed by atoms with Crippen LogP contribution in [-0.4, -0.2) is 77.7 Å². The van der Waals surface area contributed by atoms with E-state index in [0.717, 1.165) is 38.8 Å². The van der Waals surface area contributed by atoms with Crippen LogP contribution < -0.4 is 0 Å². The van der Waals surface area contributed by atoms with Crippen molar-refractivity contribution in [2.24, 2.45) is 0 Å². The zero-order valence-corrected chi connectivity index (χ0v) is 26.8. The molecule has 1 aliphatic rings. The third-order valence-corrected chi connectivity index (χ3v) is 7.97. The highest BCUT2D eigenvalue weighted by Gasteiger charge is 2.52. The van der Waals surface area contributed by atoms with Gasteiger partial charge in [-0.25, -0.2) is 4.31 Å². The van der Waals surface area contributed by atoms with Crippen molar-refractivity contribution < 1.29 is 42.9 Å². The third-order valence-electron chi connectivity index (χ3n) is 6.72. The molecule has 1 fully saturated rings. The molecule has 0 aromatic carbocycles. The molecule has 0 saturated carbocycles. The first-order valence-corrected chi connectivity index (χ1v) is 16.1. The number of hydrogen-bond donors (Lipinski definition) is 0. The van der Waals surface area contributed by atoms with Gasteiger partial charge in [0.15, 0.2) is 23.7 Å². The van der Waals surface area contributed by atoms with Crippen LogP contribution in [0, 0.1) is 0 Å². The Bertz CT molecular complexity index is 765. The lowest BCUT2D eigenvalue weighted by Crippen LogP contribution is -2.62. The van der Waals surface area contributed by atoms with Crippen molar-refractivity contribution in [3.05, 3.63) is 0 Å². The maximum Gasteiger partial charge on any atom is 0.303 e. The number of unbranched alkanes of at least 4 members (excludes halogenated alkanes) is 10. The van der Waals surface area contributed by atoms with Crippen molar-refractivity contribution in [1.29, 1.82) is 0 Å². The average molecular weight is 604 g/mol. The Labute approximate surface area is 251 Å². The van der Waals surface area contributed by atoms with Gasteiger partial charge < -0.3 is 23.7 Å². The minimum atomic E-state index is -1.14. The first-order chi connectivity index (χ1) is 19.6. The Morgan fingerprint density at radius 3 is 1.51 bits per heavy atom. The minimum absolute atomic E-state index is 0.218. The first kappa shape index (κ1) is 37.2. The van der Waals surface area contributed by atoms with Crippen molar-refractivity contribution in [3.8, 4) is 0 Å². The highest BCUT2D eigenvalue weighted by atomic mass is 32.2. The van der Waals surface area contributed by atoms with E-state index in [-0.39, 0.29) is 6.61 Å². The van der Waals surface area contributed by atoms with E-state index in [9.17, 15) is 19.2 Å². The molecule has 0 unspecified atom stereocenters. The maximum absolute atomic E-state index is 12.2. The molecule has 0 bridgehead atoms. The number of carbonyl (C=O) groups excluding carboxylic acids is 4. The lowest BCUT2D eigenvalue weighted by atomic mass is 9.99. The zero-order valence-electron chi connectivity index (χ0n) is 26.0. The molecule has 0 radical (unpaired) electrons. The summed E-state index contributed by atoms with van der Waals surface area (Å²) in [6.45, 7) is 10.8. The number of esters is 4. The Kier molecular flexibility index (Phi) is 19.8. The number of ether oxygens (including phenoxy) is 5. The van der Waals surface area contributed by atoms with Crippen LogP contribution in [0.5, 0.6) is 0 Å². The first-order valence-electron chi connectivity index (χ1n) is 15.3. The molecule has 1 aliphatic heterocycles. The monoisotopic (exact) mass is 603 g/mol. The molecule has 0 amide bonds. The summed E-state index contributed by atoms with van der Waals surface area (Å²) in [6.07, 6.45) is 9.69. The standard InChI is InChI=1S/C30H53NO9S/c1-7-9-11-13-15-17-19-31(20-18-16-14-12-10-8-2)41-30-29(39-25(6)35)28(38-24(5)34)27(37-23(4)33)26(40-30)21-36-22(3)32/h26-30H,7-21H2,1-6H3/t26-,27+,28+,29-,30+/m1/s1. The molecule has 11 heteroatoms. The lowest BCUT2D eigenvalue weighted by molar-refractivity contribution is -0.237. The molecule has 1 heterocycles. The molecule has 238 valence electrons. The largest absolute Gasteiger partial charge is 0.463 e. The molecule has 0 aliphatic carbocycles. The Balaban J connectivity index is 3.18. The highest BCUT2D eigenvalue weighted by molar-refractivity contribution is 7.97. The molecule has 5 atom stereocenters. The molecular weight excluding hydrogens is 550 g/mol. The van der Waals surface area contributed by atoms with E-state index in [4.69, 9.17) is 23.7 Å². The Morgan fingerprint density at radius 1 is 0.610 bits per heavy atom. The predicted molar refractivity (Wildman–Crippen MR) is 158 cm³/mol. The summed E-state index contributed by atoms with van der Waals surface area (Å²) in [6, 6.07) is 0. The zero-order chi connectivity index (χ0) is 30.6. The summed E-state index contributed by atoms with van der Waals surface area (Å²) in [5.74, 6) is -2.38. The topological polar surface area (TPSA) is 118 Å². The predicted octanol–water partition coefficient (Wildman–Crippen LogP) is 5.74. The fraction of sp³-hybridized carbons (Fsp3) is 0.867.